The molecule has 1 aromatic rings. The van der Waals surface area contributed by atoms with Gasteiger partial charge in [0.2, 0.25) is 5.91 Å². The van der Waals surface area contributed by atoms with E-state index >= 15 is 0 Å². The van der Waals surface area contributed by atoms with Crippen molar-refractivity contribution in [1.29, 1.82) is 0 Å². The van der Waals surface area contributed by atoms with Gasteiger partial charge < -0.3 is 15.2 Å². The van der Waals surface area contributed by atoms with Crippen molar-refractivity contribution >= 4 is 11.9 Å². The van der Waals surface area contributed by atoms with Crippen LogP contribution in [0.3, 0.4) is 0 Å². The van der Waals surface area contributed by atoms with E-state index in [0.29, 0.717) is 18.5 Å². The highest BCUT2D eigenvalue weighted by molar-refractivity contribution is 5.92. The second-order valence-corrected chi connectivity index (χ2v) is 3.76. The Labute approximate surface area is 111 Å². The number of phenols is 1. The Morgan fingerprint density at radius 2 is 2.16 bits per heavy atom. The van der Waals surface area contributed by atoms with Crippen LogP contribution < -0.4 is 5.32 Å². The first kappa shape index (κ1) is 14.6. The largest absolute Gasteiger partial charge is 0.507 e. The monoisotopic (exact) mass is 261 g/mol. The Morgan fingerprint density at radius 1 is 1.42 bits per heavy atom. The molecule has 5 heteroatoms. The number of amides is 1. The molecule has 0 radical (unpaired) electrons. The zero-order chi connectivity index (χ0) is 14.3. The lowest BCUT2D eigenvalue weighted by molar-refractivity contribution is -0.118. The van der Waals surface area contributed by atoms with Crippen LogP contribution in [0, 0.1) is 11.8 Å². The van der Waals surface area contributed by atoms with Gasteiger partial charge in [0.1, 0.15) is 11.3 Å². The molecule has 1 rings (SSSR count). The van der Waals surface area contributed by atoms with E-state index in [9.17, 15) is 14.7 Å². The lowest BCUT2D eigenvalue weighted by atomic mass is 10.1. The highest BCUT2D eigenvalue weighted by atomic mass is 16.5. The van der Waals surface area contributed by atoms with Crippen molar-refractivity contribution in [3.8, 4) is 17.6 Å². The summed E-state index contributed by atoms with van der Waals surface area (Å²) < 4.78 is 4.52. The van der Waals surface area contributed by atoms with E-state index in [2.05, 4.69) is 21.9 Å². The molecule has 0 aliphatic rings. The number of ether oxygens (including phenoxy) is 1. The van der Waals surface area contributed by atoms with Crippen LogP contribution in [0.5, 0.6) is 5.75 Å². The molecule has 0 aromatic heterocycles. The van der Waals surface area contributed by atoms with Crippen molar-refractivity contribution in [3.05, 3.63) is 29.3 Å². The molecule has 0 atom stereocenters. The third kappa shape index (κ3) is 4.72. The Balaban J connectivity index is 2.66. The third-order valence-electron chi connectivity index (χ3n) is 2.26. The number of methoxy groups -OCH3 is 1. The van der Waals surface area contributed by atoms with Gasteiger partial charge in [-0.2, -0.15) is 0 Å². The summed E-state index contributed by atoms with van der Waals surface area (Å²) in [5.41, 5.74) is 0.694. The number of esters is 1. The van der Waals surface area contributed by atoms with Crippen LogP contribution in [0.25, 0.3) is 0 Å². The molecule has 0 fully saturated rings. The summed E-state index contributed by atoms with van der Waals surface area (Å²) in [5.74, 6) is 4.83. The van der Waals surface area contributed by atoms with Gasteiger partial charge in [0.15, 0.2) is 0 Å². The molecule has 0 saturated carbocycles. The molecule has 100 valence electrons. The van der Waals surface area contributed by atoms with Crippen molar-refractivity contribution in [2.75, 3.05) is 13.7 Å². The smallest absolute Gasteiger partial charge is 0.341 e. The van der Waals surface area contributed by atoms with E-state index in [0.717, 1.165) is 0 Å². The van der Waals surface area contributed by atoms with E-state index in [4.69, 9.17) is 0 Å². The zero-order valence-corrected chi connectivity index (χ0v) is 10.8. The van der Waals surface area contributed by atoms with Gasteiger partial charge in [0.25, 0.3) is 0 Å². The Morgan fingerprint density at radius 3 is 2.74 bits per heavy atom. The van der Waals surface area contributed by atoms with Crippen molar-refractivity contribution in [2.24, 2.45) is 0 Å². The normalized spacial score (nSPS) is 9.16. The van der Waals surface area contributed by atoms with Crippen LogP contribution >= 0.6 is 0 Å². The first-order valence-corrected chi connectivity index (χ1v) is 5.69. The van der Waals surface area contributed by atoms with Gasteiger partial charge in [-0.15, -0.1) is 0 Å². The van der Waals surface area contributed by atoms with Crippen LogP contribution in [-0.4, -0.2) is 30.6 Å². The van der Waals surface area contributed by atoms with Crippen LogP contribution in [-0.2, 0) is 9.53 Å². The molecule has 0 bridgehead atoms. The highest BCUT2D eigenvalue weighted by Gasteiger charge is 2.10. The van der Waals surface area contributed by atoms with Gasteiger partial charge in [-0.25, -0.2) is 4.79 Å². The van der Waals surface area contributed by atoms with Gasteiger partial charge in [0.05, 0.1) is 7.11 Å². The first-order valence-electron chi connectivity index (χ1n) is 5.69. The number of benzene rings is 1. The zero-order valence-electron chi connectivity index (χ0n) is 10.8. The number of hydrogen-bond donors (Lipinski definition) is 2. The molecule has 0 heterocycles. The quantitative estimate of drug-likeness (QED) is 0.484. The lowest BCUT2D eigenvalue weighted by Crippen LogP contribution is -2.20. The van der Waals surface area contributed by atoms with Crippen molar-refractivity contribution in [2.45, 2.75) is 13.3 Å². The Kier molecular flexibility index (Phi) is 5.42. The number of carbonyl (C=O) groups is 2. The second kappa shape index (κ2) is 7.07. The van der Waals surface area contributed by atoms with Gasteiger partial charge in [0, 0.05) is 25.5 Å². The van der Waals surface area contributed by atoms with Crippen LogP contribution in [0.15, 0.2) is 18.2 Å². The number of phenolic OH excluding ortho intramolecular Hbond substituents is 1. The minimum atomic E-state index is -0.595. The van der Waals surface area contributed by atoms with E-state index in [1.54, 1.807) is 6.07 Å². The summed E-state index contributed by atoms with van der Waals surface area (Å²) in [6, 6.07) is 4.48. The van der Waals surface area contributed by atoms with E-state index in [-0.39, 0.29) is 17.2 Å². The summed E-state index contributed by atoms with van der Waals surface area (Å²) in [5, 5.41) is 12.3. The maximum Gasteiger partial charge on any atom is 0.341 e. The predicted octanol–water partition coefficient (Wildman–Crippen LogP) is 1.06. The second-order valence-electron chi connectivity index (χ2n) is 3.76. The Bertz CT molecular complexity index is 540. The van der Waals surface area contributed by atoms with Crippen molar-refractivity contribution in [1.82, 2.24) is 5.32 Å². The molecular weight excluding hydrogens is 246 g/mol. The topological polar surface area (TPSA) is 75.6 Å². The molecule has 19 heavy (non-hydrogen) atoms. The molecule has 2 N–H and O–H groups in total. The standard InChI is InChI=1S/C14H15NO4/c1-10(16)15-8-4-3-5-11-6-7-12(13(17)9-11)14(18)19-2/h6-7,9,17H,4,8H2,1-2H3,(H,15,16). The average Bonchev–Trinajstić information content (AvgIpc) is 2.37. The third-order valence-corrected chi connectivity index (χ3v) is 2.26. The fourth-order valence-electron chi connectivity index (χ4n) is 1.36. The summed E-state index contributed by atoms with van der Waals surface area (Å²) in [7, 11) is 1.25. The summed E-state index contributed by atoms with van der Waals surface area (Å²) in [4.78, 5) is 21.9. The lowest BCUT2D eigenvalue weighted by Gasteiger charge is -2.02. The maximum atomic E-state index is 11.3. The summed E-state index contributed by atoms with van der Waals surface area (Å²) >= 11 is 0. The molecule has 0 aliphatic heterocycles. The fourth-order valence-corrected chi connectivity index (χ4v) is 1.36. The molecule has 0 spiro atoms. The minimum absolute atomic E-state index is 0.0955. The first-order chi connectivity index (χ1) is 9.04. The van der Waals surface area contributed by atoms with E-state index in [1.807, 2.05) is 0 Å². The van der Waals surface area contributed by atoms with Crippen LogP contribution in [0.2, 0.25) is 0 Å². The minimum Gasteiger partial charge on any atom is -0.507 e. The predicted molar refractivity (Wildman–Crippen MR) is 69.6 cm³/mol. The van der Waals surface area contributed by atoms with Crippen molar-refractivity contribution in [3.63, 3.8) is 0 Å². The van der Waals surface area contributed by atoms with Gasteiger partial charge in [-0.05, 0) is 18.2 Å². The number of carbonyl (C=O) groups excluding carboxylic acids is 2. The van der Waals surface area contributed by atoms with Crippen molar-refractivity contribution < 1.29 is 19.4 Å². The molecule has 5 nitrogen and oxygen atoms in total. The van der Waals surface area contributed by atoms with Crippen LogP contribution in [0.1, 0.15) is 29.3 Å². The maximum absolute atomic E-state index is 11.3. The highest BCUT2D eigenvalue weighted by Crippen LogP contribution is 2.19. The molecule has 0 saturated heterocycles. The van der Waals surface area contributed by atoms with Crippen LogP contribution in [0.4, 0.5) is 0 Å². The van der Waals surface area contributed by atoms with Gasteiger partial charge in [-0.1, -0.05) is 11.8 Å². The molecule has 1 aromatic carbocycles. The molecule has 1 amide bonds. The summed E-state index contributed by atoms with van der Waals surface area (Å²) in [6.45, 7) is 1.92. The SMILES string of the molecule is COC(=O)c1ccc(C#CCCNC(C)=O)cc1O. The molecular formula is C14H15NO4. The number of aromatic hydroxyl groups is 1. The number of rotatable bonds is 3. The van der Waals surface area contributed by atoms with E-state index in [1.165, 1.54) is 26.2 Å². The van der Waals surface area contributed by atoms with Gasteiger partial charge >= 0.3 is 5.97 Å². The molecule has 0 aliphatic carbocycles. The van der Waals surface area contributed by atoms with Gasteiger partial charge in [-0.3, -0.25) is 4.79 Å². The molecule has 0 unspecified atom stereocenters. The Hall–Kier alpha value is -2.48. The number of nitrogens with one attached hydrogen (secondary N) is 1. The average molecular weight is 261 g/mol. The fraction of sp³-hybridized carbons (Fsp3) is 0.286. The van der Waals surface area contributed by atoms with E-state index < -0.39 is 5.97 Å². The number of hydrogen-bond acceptors (Lipinski definition) is 4. The summed E-state index contributed by atoms with van der Waals surface area (Å²) in [6.07, 6.45) is 0.513.